The second-order valence-electron chi connectivity index (χ2n) is 12.2. The van der Waals surface area contributed by atoms with E-state index < -0.39 is 0 Å². The first-order chi connectivity index (χ1) is 15.1. The molecule has 3 aliphatic rings. The van der Waals surface area contributed by atoms with E-state index in [0.717, 1.165) is 20.6 Å². The highest BCUT2D eigenvalue weighted by Gasteiger charge is 2.39. The summed E-state index contributed by atoms with van der Waals surface area (Å²) in [7, 11) is 1.04. The number of rotatable bonds is 2. The smallest absolute Gasteiger partial charge is 0.0513 e. The summed E-state index contributed by atoms with van der Waals surface area (Å²) in [6.45, 7) is 14.0. The first kappa shape index (κ1) is 22.0. The van der Waals surface area contributed by atoms with Gasteiger partial charge in [-0.05, 0) is 68.1 Å². The lowest BCUT2D eigenvalue weighted by atomic mass is 9.83. The van der Waals surface area contributed by atoms with Crippen LogP contribution in [0.25, 0.3) is 11.1 Å². The number of hydrogen-bond acceptors (Lipinski definition) is 0. The Balaban J connectivity index is 1.59. The first-order valence-electron chi connectivity index (χ1n) is 12.5. The molecule has 1 heterocycles. The number of hydrogen-bond donors (Lipinski definition) is 0. The van der Waals surface area contributed by atoms with Crippen LogP contribution < -0.4 is 0 Å². The summed E-state index contributed by atoms with van der Waals surface area (Å²) in [4.78, 5) is 0. The highest BCUT2D eigenvalue weighted by molar-refractivity contribution is 6.41. The van der Waals surface area contributed by atoms with Gasteiger partial charge in [-0.15, -0.1) is 0 Å². The fraction of sp³-hybridized carbons (Fsp3) is 0.484. The minimum atomic E-state index is 0.175. The van der Waals surface area contributed by atoms with Crippen molar-refractivity contribution in [3.63, 3.8) is 0 Å². The number of benzene rings is 2. The van der Waals surface area contributed by atoms with Crippen molar-refractivity contribution in [1.29, 1.82) is 0 Å². The van der Waals surface area contributed by atoms with Gasteiger partial charge in [0.15, 0.2) is 0 Å². The third-order valence-electron chi connectivity index (χ3n) is 7.87. The normalized spacial score (nSPS) is 23.2. The van der Waals surface area contributed by atoms with Crippen molar-refractivity contribution < 1.29 is 0 Å². The predicted octanol–water partition coefficient (Wildman–Crippen LogP) is 8.75. The molecule has 0 aromatic heterocycles. The molecule has 2 aliphatic carbocycles. The Labute approximate surface area is 198 Å². The van der Waals surface area contributed by atoms with Crippen LogP contribution in [-0.4, -0.2) is 9.52 Å². The Morgan fingerprint density at radius 1 is 0.781 bits per heavy atom. The quantitative estimate of drug-likeness (QED) is 0.411. The molecule has 2 aromatic carbocycles. The van der Waals surface area contributed by atoms with E-state index in [4.69, 9.17) is 0 Å². The Hall–Kier alpha value is -1.86. The summed E-state index contributed by atoms with van der Waals surface area (Å²) in [5.74, 6) is 0.569. The molecule has 0 N–H and O–H groups in total. The number of allylic oxidation sites excluding steroid dienone is 4. The molecule has 2 atom stereocenters. The second kappa shape index (κ2) is 7.87. The standard InChI is InChI=1S/C31H38Si/c1-30(2,3)21-14-16-23-25(18-21)26-19-22(31(4,5)6)15-17-24(26)29(23)28-13-9-12-27(32-28)20-10-7-8-11-20/h7-8,10,14-19,27-29H,9,11-13H2,1-6H3. The van der Waals surface area contributed by atoms with Gasteiger partial charge in [0.05, 0.1) is 9.52 Å². The third kappa shape index (κ3) is 3.87. The van der Waals surface area contributed by atoms with Crippen LogP contribution in [0.2, 0.25) is 11.1 Å². The van der Waals surface area contributed by atoms with Crippen LogP contribution in [0.1, 0.15) is 95.4 Å². The van der Waals surface area contributed by atoms with Gasteiger partial charge in [0.2, 0.25) is 0 Å². The largest absolute Gasteiger partial charge is 0.0805 e. The van der Waals surface area contributed by atoms with Gasteiger partial charge in [-0.1, -0.05) is 115 Å². The van der Waals surface area contributed by atoms with Crippen LogP contribution in [-0.2, 0) is 10.8 Å². The molecule has 2 aromatic rings. The highest BCUT2D eigenvalue weighted by atomic mass is 28.2. The summed E-state index contributed by atoms with van der Waals surface area (Å²) in [6, 6.07) is 14.8. The molecule has 1 aliphatic heterocycles. The van der Waals surface area contributed by atoms with E-state index in [2.05, 4.69) is 96.2 Å². The zero-order chi connectivity index (χ0) is 22.7. The van der Waals surface area contributed by atoms with Gasteiger partial charge in [0.25, 0.3) is 0 Å². The van der Waals surface area contributed by atoms with E-state index in [-0.39, 0.29) is 10.8 Å². The van der Waals surface area contributed by atoms with E-state index in [1.165, 1.54) is 47.9 Å². The second-order valence-corrected chi connectivity index (χ2v) is 14.0. The van der Waals surface area contributed by atoms with Gasteiger partial charge in [-0.2, -0.15) is 0 Å². The minimum Gasteiger partial charge on any atom is -0.0805 e. The maximum Gasteiger partial charge on any atom is 0.0513 e. The SMILES string of the molecule is CC(C)(C)c1ccc2c(c1)-c1cc(C(C)(C)C)ccc1C2C1CCCC(C2=CC=CC2)[Si]1. The molecule has 5 rings (SSSR count). The Kier molecular flexibility index (Phi) is 5.40. The summed E-state index contributed by atoms with van der Waals surface area (Å²) in [6.07, 6.45) is 12.3. The van der Waals surface area contributed by atoms with Crippen LogP contribution in [0, 0.1) is 0 Å². The van der Waals surface area contributed by atoms with Gasteiger partial charge in [-0.3, -0.25) is 0 Å². The van der Waals surface area contributed by atoms with Crippen molar-refractivity contribution in [2.24, 2.45) is 0 Å². The molecule has 1 heteroatoms. The van der Waals surface area contributed by atoms with Gasteiger partial charge >= 0.3 is 0 Å². The predicted molar refractivity (Wildman–Crippen MR) is 140 cm³/mol. The van der Waals surface area contributed by atoms with Crippen LogP contribution >= 0.6 is 0 Å². The lowest BCUT2D eigenvalue weighted by molar-refractivity contribution is 0.555. The van der Waals surface area contributed by atoms with Gasteiger partial charge < -0.3 is 0 Å². The van der Waals surface area contributed by atoms with Crippen molar-refractivity contribution >= 4 is 9.52 Å². The molecule has 0 saturated carbocycles. The van der Waals surface area contributed by atoms with E-state index in [0.29, 0.717) is 5.92 Å². The van der Waals surface area contributed by atoms with Crippen LogP contribution in [0.15, 0.2) is 60.2 Å². The molecule has 0 bridgehead atoms. The average molecular weight is 439 g/mol. The molecule has 1 saturated heterocycles. The lowest BCUT2D eigenvalue weighted by Crippen LogP contribution is -2.23. The van der Waals surface area contributed by atoms with Gasteiger partial charge in [-0.25, -0.2) is 0 Å². The fourth-order valence-corrected chi connectivity index (χ4v) is 8.14. The minimum absolute atomic E-state index is 0.175. The summed E-state index contributed by atoms with van der Waals surface area (Å²) < 4.78 is 0. The summed E-state index contributed by atoms with van der Waals surface area (Å²) in [5, 5.41) is 0. The lowest BCUT2D eigenvalue weighted by Gasteiger charge is -2.34. The number of fused-ring (bicyclic) bond motifs is 3. The van der Waals surface area contributed by atoms with Gasteiger partial charge in [0, 0.05) is 5.92 Å². The zero-order valence-electron chi connectivity index (χ0n) is 20.8. The maximum absolute atomic E-state index is 2.52. The molecule has 1 fully saturated rings. The van der Waals surface area contributed by atoms with Crippen molar-refractivity contribution in [1.82, 2.24) is 0 Å². The average Bonchev–Trinajstić information content (AvgIpc) is 3.38. The zero-order valence-corrected chi connectivity index (χ0v) is 21.8. The first-order valence-corrected chi connectivity index (χ1v) is 13.7. The van der Waals surface area contributed by atoms with Gasteiger partial charge in [0.1, 0.15) is 0 Å². The van der Waals surface area contributed by atoms with Crippen molar-refractivity contribution in [2.45, 2.75) is 95.1 Å². The van der Waals surface area contributed by atoms with Crippen molar-refractivity contribution in [2.75, 3.05) is 0 Å². The van der Waals surface area contributed by atoms with Crippen molar-refractivity contribution in [3.8, 4) is 11.1 Å². The molecule has 166 valence electrons. The molecule has 0 nitrogen and oxygen atoms in total. The molecular weight excluding hydrogens is 400 g/mol. The third-order valence-corrected chi connectivity index (χ3v) is 9.98. The molecule has 32 heavy (non-hydrogen) atoms. The van der Waals surface area contributed by atoms with Crippen LogP contribution in [0.4, 0.5) is 0 Å². The monoisotopic (exact) mass is 438 g/mol. The van der Waals surface area contributed by atoms with E-state index in [1.54, 1.807) is 16.7 Å². The van der Waals surface area contributed by atoms with E-state index >= 15 is 0 Å². The molecule has 2 unspecified atom stereocenters. The molecule has 2 radical (unpaired) electrons. The molecular formula is C31H38Si. The summed E-state index contributed by atoms with van der Waals surface area (Å²) in [5.41, 5.74) is 12.7. The van der Waals surface area contributed by atoms with E-state index in [9.17, 15) is 0 Å². The summed E-state index contributed by atoms with van der Waals surface area (Å²) >= 11 is 0. The highest BCUT2D eigenvalue weighted by Crippen LogP contribution is 2.55. The van der Waals surface area contributed by atoms with Crippen LogP contribution in [0.5, 0.6) is 0 Å². The Bertz CT molecular complexity index is 1020. The fourth-order valence-electron chi connectivity index (χ4n) is 5.90. The van der Waals surface area contributed by atoms with E-state index in [1.807, 2.05) is 0 Å². The van der Waals surface area contributed by atoms with Crippen molar-refractivity contribution in [3.05, 3.63) is 82.5 Å². The maximum atomic E-state index is 2.52. The molecule has 0 spiro atoms. The Morgan fingerprint density at radius 3 is 1.88 bits per heavy atom. The Morgan fingerprint density at radius 2 is 1.38 bits per heavy atom. The topological polar surface area (TPSA) is 0 Å². The van der Waals surface area contributed by atoms with Crippen LogP contribution in [0.3, 0.4) is 0 Å². The molecule has 0 amide bonds.